The first kappa shape index (κ1) is 14.0. The van der Waals surface area contributed by atoms with Gasteiger partial charge in [0.15, 0.2) is 0 Å². The molecular formula is C8H8F3NO4. The van der Waals surface area contributed by atoms with E-state index in [-0.39, 0.29) is 0 Å². The molecule has 0 saturated heterocycles. The van der Waals surface area contributed by atoms with Crippen LogP contribution in [0, 0.1) is 0 Å². The minimum atomic E-state index is -5.08. The zero-order chi connectivity index (χ0) is 12.8. The molecule has 0 bridgehead atoms. The lowest BCUT2D eigenvalue weighted by Crippen LogP contribution is -2.21. The van der Waals surface area contributed by atoms with Crippen molar-refractivity contribution in [2.24, 2.45) is 0 Å². The van der Waals surface area contributed by atoms with E-state index in [0.717, 1.165) is 0 Å². The number of nitrogens with one attached hydrogen (secondary N) is 1. The van der Waals surface area contributed by atoms with Gasteiger partial charge in [-0.1, -0.05) is 0 Å². The molecule has 0 radical (unpaired) electrons. The molecule has 1 aliphatic heterocycles. The lowest BCUT2D eigenvalue weighted by atomic mass is 10.2. The number of alkyl halides is 3. The Bertz CT molecular complexity index is 333. The predicted octanol–water partition coefficient (Wildman–Crippen LogP) is 0.748. The first-order valence-corrected chi connectivity index (χ1v) is 3.87. The second kappa shape index (κ2) is 5.79. The highest BCUT2D eigenvalue weighted by Crippen LogP contribution is 2.13. The number of carbonyl (C=O) groups is 2. The monoisotopic (exact) mass is 239 g/mol. The summed E-state index contributed by atoms with van der Waals surface area (Å²) in [6.07, 6.45) is -0.113. The van der Waals surface area contributed by atoms with Gasteiger partial charge in [0.25, 0.3) is 0 Å². The van der Waals surface area contributed by atoms with Gasteiger partial charge in [-0.3, -0.25) is 0 Å². The highest BCUT2D eigenvalue weighted by Gasteiger charge is 2.38. The molecule has 0 atom stereocenters. The molecule has 0 unspecified atom stereocenters. The number of hydrogen-bond acceptors (Lipinski definition) is 3. The third-order valence-corrected chi connectivity index (χ3v) is 1.32. The molecule has 0 aromatic carbocycles. The van der Waals surface area contributed by atoms with E-state index in [9.17, 15) is 18.0 Å². The molecule has 1 rings (SSSR count). The van der Waals surface area contributed by atoms with E-state index < -0.39 is 18.1 Å². The highest BCUT2D eigenvalue weighted by atomic mass is 19.4. The van der Waals surface area contributed by atoms with Crippen LogP contribution in [0.1, 0.15) is 0 Å². The third kappa shape index (κ3) is 5.68. The number of aliphatic carboxylic acids is 2. The standard InChI is InChI=1S/C6H7NO2.C2HF3O2/c8-6(9)5-2-1-3-7-4-5;3-2(4,5)1(6)7/h1-3,7H,4H2,(H,8,9);(H,6,7). The lowest BCUT2D eigenvalue weighted by molar-refractivity contribution is -0.192. The topological polar surface area (TPSA) is 86.6 Å². The molecule has 1 aliphatic rings. The van der Waals surface area contributed by atoms with Crippen molar-refractivity contribution in [2.75, 3.05) is 6.54 Å². The molecular weight excluding hydrogens is 231 g/mol. The molecule has 90 valence electrons. The van der Waals surface area contributed by atoms with Gasteiger partial charge < -0.3 is 15.5 Å². The van der Waals surface area contributed by atoms with Crippen LogP contribution in [0.5, 0.6) is 0 Å². The van der Waals surface area contributed by atoms with Gasteiger partial charge in [0.05, 0.1) is 5.57 Å². The van der Waals surface area contributed by atoms with Crippen LogP contribution >= 0.6 is 0 Å². The Morgan fingerprint density at radius 2 is 1.81 bits per heavy atom. The van der Waals surface area contributed by atoms with Crippen molar-refractivity contribution in [2.45, 2.75) is 6.18 Å². The van der Waals surface area contributed by atoms with Crippen LogP contribution in [-0.4, -0.2) is 34.9 Å². The maximum absolute atomic E-state index is 10.6. The Morgan fingerprint density at radius 3 is 2.00 bits per heavy atom. The molecule has 1 heterocycles. The lowest BCUT2D eigenvalue weighted by Gasteiger charge is -2.04. The molecule has 5 nitrogen and oxygen atoms in total. The van der Waals surface area contributed by atoms with E-state index in [2.05, 4.69) is 5.32 Å². The van der Waals surface area contributed by atoms with Gasteiger partial charge in [-0.15, -0.1) is 0 Å². The number of rotatable bonds is 1. The first-order chi connectivity index (χ1) is 7.25. The summed E-state index contributed by atoms with van der Waals surface area (Å²) in [4.78, 5) is 19.1. The van der Waals surface area contributed by atoms with Gasteiger partial charge in [-0.05, 0) is 18.4 Å². The van der Waals surface area contributed by atoms with Crippen LogP contribution in [0.2, 0.25) is 0 Å². The quantitative estimate of drug-likeness (QED) is 0.628. The van der Waals surface area contributed by atoms with Crippen LogP contribution in [0.25, 0.3) is 0 Å². The Morgan fingerprint density at radius 1 is 1.31 bits per heavy atom. The first-order valence-electron chi connectivity index (χ1n) is 3.87. The Balaban J connectivity index is 0.000000293. The second-order valence-electron chi connectivity index (χ2n) is 2.54. The highest BCUT2D eigenvalue weighted by molar-refractivity contribution is 5.87. The van der Waals surface area contributed by atoms with Crippen molar-refractivity contribution in [3.05, 3.63) is 23.9 Å². The van der Waals surface area contributed by atoms with Crippen molar-refractivity contribution in [1.29, 1.82) is 0 Å². The summed E-state index contributed by atoms with van der Waals surface area (Å²) in [7, 11) is 0. The molecule has 0 fully saturated rings. The van der Waals surface area contributed by atoms with Crippen molar-refractivity contribution >= 4 is 11.9 Å². The van der Waals surface area contributed by atoms with E-state index in [1.54, 1.807) is 18.4 Å². The van der Waals surface area contributed by atoms with Crippen molar-refractivity contribution < 1.29 is 33.0 Å². The largest absolute Gasteiger partial charge is 0.490 e. The molecule has 0 aromatic rings. The van der Waals surface area contributed by atoms with E-state index in [1.807, 2.05) is 0 Å². The Hall–Kier alpha value is -1.99. The number of dihydropyridines is 1. The average Bonchev–Trinajstić information content (AvgIpc) is 2.18. The molecule has 0 saturated carbocycles. The van der Waals surface area contributed by atoms with E-state index in [1.165, 1.54) is 0 Å². The number of hydrogen-bond donors (Lipinski definition) is 3. The fourth-order valence-corrected chi connectivity index (χ4v) is 0.607. The summed E-state index contributed by atoms with van der Waals surface area (Å²) in [6, 6.07) is 0. The zero-order valence-electron chi connectivity index (χ0n) is 7.78. The Kier molecular flexibility index (Phi) is 5.07. The van der Waals surface area contributed by atoms with Gasteiger partial charge in [0.1, 0.15) is 0 Å². The predicted molar refractivity (Wildman–Crippen MR) is 46.6 cm³/mol. The summed E-state index contributed by atoms with van der Waals surface area (Å²) in [5.74, 6) is -3.61. The van der Waals surface area contributed by atoms with E-state index in [0.29, 0.717) is 12.1 Å². The number of allylic oxidation sites excluding steroid dienone is 2. The van der Waals surface area contributed by atoms with Gasteiger partial charge in [-0.25, -0.2) is 9.59 Å². The summed E-state index contributed by atoms with van der Waals surface area (Å²) < 4.78 is 31.7. The van der Waals surface area contributed by atoms with Crippen LogP contribution in [0.4, 0.5) is 13.2 Å². The molecule has 16 heavy (non-hydrogen) atoms. The molecule has 3 N–H and O–H groups in total. The van der Waals surface area contributed by atoms with Crippen LogP contribution in [-0.2, 0) is 9.59 Å². The molecule has 0 aromatic heterocycles. The van der Waals surface area contributed by atoms with Crippen LogP contribution in [0.15, 0.2) is 23.9 Å². The van der Waals surface area contributed by atoms with Crippen molar-refractivity contribution in [3.8, 4) is 0 Å². The fraction of sp³-hybridized carbons (Fsp3) is 0.250. The van der Waals surface area contributed by atoms with Gasteiger partial charge in [0, 0.05) is 6.54 Å². The summed E-state index contributed by atoms with van der Waals surface area (Å²) >= 11 is 0. The van der Waals surface area contributed by atoms with E-state index >= 15 is 0 Å². The zero-order valence-corrected chi connectivity index (χ0v) is 7.78. The summed E-state index contributed by atoms with van der Waals surface area (Å²) in [5.41, 5.74) is 0.400. The minimum absolute atomic E-state index is 0.400. The van der Waals surface area contributed by atoms with Crippen molar-refractivity contribution in [1.82, 2.24) is 5.32 Å². The van der Waals surface area contributed by atoms with Crippen LogP contribution < -0.4 is 5.32 Å². The van der Waals surface area contributed by atoms with E-state index in [4.69, 9.17) is 15.0 Å². The number of carboxylic acids is 2. The summed E-state index contributed by atoms with van der Waals surface area (Å²) in [6.45, 7) is 0.422. The average molecular weight is 239 g/mol. The molecule has 8 heteroatoms. The van der Waals surface area contributed by atoms with Gasteiger partial charge in [0.2, 0.25) is 0 Å². The van der Waals surface area contributed by atoms with Crippen molar-refractivity contribution in [3.63, 3.8) is 0 Å². The normalized spacial score (nSPS) is 14.1. The Labute approximate surface area is 87.9 Å². The number of carboxylic acid groups (broad SMARTS) is 2. The maximum atomic E-state index is 10.6. The maximum Gasteiger partial charge on any atom is 0.490 e. The summed E-state index contributed by atoms with van der Waals surface area (Å²) in [5, 5.41) is 18.3. The van der Waals surface area contributed by atoms with Gasteiger partial charge >= 0.3 is 18.1 Å². The molecule has 0 spiro atoms. The minimum Gasteiger partial charge on any atom is -0.478 e. The number of halogens is 3. The fourth-order valence-electron chi connectivity index (χ4n) is 0.607. The smallest absolute Gasteiger partial charge is 0.478 e. The molecule has 0 aliphatic carbocycles. The van der Waals surface area contributed by atoms with Gasteiger partial charge in [-0.2, -0.15) is 13.2 Å². The van der Waals surface area contributed by atoms with Crippen LogP contribution in [0.3, 0.4) is 0 Å². The third-order valence-electron chi connectivity index (χ3n) is 1.32. The second-order valence-corrected chi connectivity index (χ2v) is 2.54. The SMILES string of the molecule is O=C(O)C(F)(F)F.O=C(O)C1=CC=CNC1. The molecule has 0 amide bonds.